The molecule has 0 radical (unpaired) electrons. The first-order valence-corrected chi connectivity index (χ1v) is 10.5. The number of anilines is 1. The van der Waals surface area contributed by atoms with Gasteiger partial charge in [-0.3, -0.25) is 10.0 Å². The summed E-state index contributed by atoms with van der Waals surface area (Å²) >= 11 is 0. The molecule has 0 aliphatic carbocycles. The van der Waals surface area contributed by atoms with Gasteiger partial charge in [0, 0.05) is 31.6 Å². The molecule has 0 bridgehead atoms. The van der Waals surface area contributed by atoms with Gasteiger partial charge in [-0.15, -0.1) is 0 Å². The summed E-state index contributed by atoms with van der Waals surface area (Å²) in [6.45, 7) is 3.14. The lowest BCUT2D eigenvalue weighted by Gasteiger charge is -2.28. The smallest absolute Gasteiger partial charge is 0.243 e. The standard InChI is InChI=1S/C21H25FN6O4/c22-15-6-5-14(12-16(15)29)19-24-20(27-8-10-32-11-9-27)18-21(25-19)28(13-23-18)7-3-1-2-4-17(30)26-31/h5-6,12-13,29,31H,1-4,7-11H2,(H,26,30). The molecule has 11 heteroatoms. The number of hydrogen-bond donors (Lipinski definition) is 3. The number of carbonyl (C=O) groups excluding carboxylic acids is 1. The topological polar surface area (TPSA) is 126 Å². The molecule has 3 heterocycles. The van der Waals surface area contributed by atoms with Gasteiger partial charge < -0.3 is 19.3 Å². The lowest BCUT2D eigenvalue weighted by molar-refractivity contribution is -0.129. The summed E-state index contributed by atoms with van der Waals surface area (Å²) in [6, 6.07) is 4.03. The average Bonchev–Trinajstić information content (AvgIpc) is 3.23. The third-order valence-corrected chi connectivity index (χ3v) is 5.39. The number of phenolic OH excluding ortho intramolecular Hbond substituents is 1. The number of unbranched alkanes of at least 4 members (excludes halogenated alkanes) is 2. The van der Waals surface area contributed by atoms with E-state index in [2.05, 4.69) is 14.9 Å². The van der Waals surface area contributed by atoms with Crippen LogP contribution in [0.15, 0.2) is 24.5 Å². The number of imidazole rings is 1. The number of nitrogens with zero attached hydrogens (tertiary/aromatic N) is 5. The number of aromatic hydroxyl groups is 1. The average molecular weight is 444 g/mol. The number of carbonyl (C=O) groups is 1. The first kappa shape index (κ1) is 21.9. The summed E-state index contributed by atoms with van der Waals surface area (Å²) in [5.74, 6) is -0.512. The quantitative estimate of drug-likeness (QED) is 0.274. The highest BCUT2D eigenvalue weighted by Gasteiger charge is 2.21. The van der Waals surface area contributed by atoms with Crippen molar-refractivity contribution in [3.63, 3.8) is 0 Å². The fourth-order valence-corrected chi connectivity index (χ4v) is 3.67. The van der Waals surface area contributed by atoms with Crippen LogP contribution in [-0.4, -0.2) is 62.0 Å². The summed E-state index contributed by atoms with van der Waals surface area (Å²) in [5.41, 5.74) is 3.45. The van der Waals surface area contributed by atoms with Crippen LogP contribution in [0.4, 0.5) is 10.2 Å². The van der Waals surface area contributed by atoms with Gasteiger partial charge in [0.15, 0.2) is 34.4 Å². The Labute approximate surface area is 183 Å². The molecule has 0 saturated carbocycles. The van der Waals surface area contributed by atoms with Gasteiger partial charge in [-0.05, 0) is 31.0 Å². The van der Waals surface area contributed by atoms with Crippen LogP contribution < -0.4 is 10.4 Å². The molecule has 2 aromatic heterocycles. The number of phenols is 1. The van der Waals surface area contributed by atoms with E-state index in [-0.39, 0.29) is 6.42 Å². The molecule has 4 rings (SSSR count). The summed E-state index contributed by atoms with van der Waals surface area (Å²) in [6.07, 6.45) is 4.24. The van der Waals surface area contributed by atoms with Crippen molar-refractivity contribution in [3.8, 4) is 17.1 Å². The number of halogens is 1. The predicted molar refractivity (Wildman–Crippen MR) is 114 cm³/mol. The van der Waals surface area contributed by atoms with Gasteiger partial charge in [-0.1, -0.05) is 6.42 Å². The van der Waals surface area contributed by atoms with Gasteiger partial charge in [-0.2, -0.15) is 0 Å². The van der Waals surface area contributed by atoms with Crippen LogP contribution in [-0.2, 0) is 16.1 Å². The van der Waals surface area contributed by atoms with Gasteiger partial charge in [0.1, 0.15) is 0 Å². The van der Waals surface area contributed by atoms with Crippen molar-refractivity contribution in [2.24, 2.45) is 0 Å². The van der Waals surface area contributed by atoms with Gasteiger partial charge in [-0.25, -0.2) is 24.8 Å². The van der Waals surface area contributed by atoms with Crippen LogP contribution in [0.2, 0.25) is 0 Å². The van der Waals surface area contributed by atoms with Crippen LogP contribution in [0.3, 0.4) is 0 Å². The minimum Gasteiger partial charge on any atom is -0.505 e. The van der Waals surface area contributed by atoms with E-state index in [4.69, 9.17) is 14.9 Å². The number of hydroxylamine groups is 1. The Kier molecular flexibility index (Phi) is 6.76. The number of aryl methyl sites for hydroxylation is 1. The number of hydrogen-bond acceptors (Lipinski definition) is 8. The fourth-order valence-electron chi connectivity index (χ4n) is 3.67. The first-order chi connectivity index (χ1) is 15.6. The number of rotatable bonds is 8. The van der Waals surface area contributed by atoms with Crippen LogP contribution in [0, 0.1) is 5.82 Å². The number of amides is 1. The highest BCUT2D eigenvalue weighted by molar-refractivity contribution is 5.86. The number of benzene rings is 1. The molecule has 1 aromatic carbocycles. The molecule has 1 aliphatic heterocycles. The minimum atomic E-state index is -0.705. The third kappa shape index (κ3) is 4.78. The summed E-state index contributed by atoms with van der Waals surface area (Å²) in [4.78, 5) is 27.1. The SMILES string of the molecule is O=C(CCCCCn1cnc2c(N3CCOCC3)nc(-c3ccc(F)c(O)c3)nc21)NO. The van der Waals surface area contributed by atoms with E-state index in [9.17, 15) is 14.3 Å². The number of morpholine rings is 1. The minimum absolute atomic E-state index is 0.267. The van der Waals surface area contributed by atoms with Crippen molar-refractivity contribution >= 4 is 22.9 Å². The normalized spacial score (nSPS) is 14.1. The fraction of sp³-hybridized carbons (Fsp3) is 0.429. The van der Waals surface area contributed by atoms with Crippen molar-refractivity contribution < 1.29 is 24.2 Å². The van der Waals surface area contributed by atoms with Crippen molar-refractivity contribution in [3.05, 3.63) is 30.3 Å². The number of nitrogens with one attached hydrogen (secondary N) is 1. The first-order valence-electron chi connectivity index (χ1n) is 10.5. The highest BCUT2D eigenvalue weighted by Crippen LogP contribution is 2.29. The van der Waals surface area contributed by atoms with E-state index >= 15 is 0 Å². The molecule has 1 aliphatic rings. The van der Waals surface area contributed by atoms with E-state index in [1.54, 1.807) is 11.8 Å². The van der Waals surface area contributed by atoms with Crippen molar-refractivity contribution in [2.75, 3.05) is 31.2 Å². The molecule has 3 aromatic rings. The van der Waals surface area contributed by atoms with E-state index in [1.807, 2.05) is 4.57 Å². The second-order valence-electron chi connectivity index (χ2n) is 7.59. The van der Waals surface area contributed by atoms with Crippen molar-refractivity contribution in [1.29, 1.82) is 0 Å². The molecule has 32 heavy (non-hydrogen) atoms. The van der Waals surface area contributed by atoms with Gasteiger partial charge in [0.25, 0.3) is 0 Å². The lowest BCUT2D eigenvalue weighted by atomic mass is 10.2. The zero-order valence-electron chi connectivity index (χ0n) is 17.5. The van der Waals surface area contributed by atoms with E-state index in [0.717, 1.165) is 12.8 Å². The molecule has 0 unspecified atom stereocenters. The van der Waals surface area contributed by atoms with Crippen LogP contribution >= 0.6 is 0 Å². The summed E-state index contributed by atoms with van der Waals surface area (Å²) in [5, 5.41) is 18.4. The number of fused-ring (bicyclic) bond motifs is 1. The largest absolute Gasteiger partial charge is 0.505 e. The highest BCUT2D eigenvalue weighted by atomic mass is 19.1. The molecule has 1 amide bonds. The van der Waals surface area contributed by atoms with E-state index in [0.29, 0.717) is 67.6 Å². The molecular formula is C21H25FN6O4. The molecule has 170 valence electrons. The molecule has 1 saturated heterocycles. The Bertz CT molecular complexity index is 1100. The van der Waals surface area contributed by atoms with Crippen molar-refractivity contribution in [2.45, 2.75) is 32.2 Å². The molecule has 1 fully saturated rings. The monoisotopic (exact) mass is 444 g/mol. The third-order valence-electron chi connectivity index (χ3n) is 5.39. The second-order valence-corrected chi connectivity index (χ2v) is 7.59. The second kappa shape index (κ2) is 9.88. The molecular weight excluding hydrogens is 419 g/mol. The van der Waals surface area contributed by atoms with Gasteiger partial charge >= 0.3 is 0 Å². The predicted octanol–water partition coefficient (Wildman–Crippen LogP) is 2.24. The van der Waals surface area contributed by atoms with Crippen LogP contribution in [0.5, 0.6) is 5.75 Å². The van der Waals surface area contributed by atoms with Crippen LogP contribution in [0.1, 0.15) is 25.7 Å². The maximum atomic E-state index is 13.6. The van der Waals surface area contributed by atoms with E-state index in [1.165, 1.54) is 18.2 Å². The molecule has 0 atom stereocenters. The molecule has 0 spiro atoms. The Morgan fingerprint density at radius 3 is 2.75 bits per heavy atom. The maximum absolute atomic E-state index is 13.6. The Hall–Kier alpha value is -3.31. The molecule has 10 nitrogen and oxygen atoms in total. The zero-order valence-corrected chi connectivity index (χ0v) is 17.5. The van der Waals surface area contributed by atoms with Gasteiger partial charge in [0.2, 0.25) is 5.91 Å². The zero-order chi connectivity index (χ0) is 22.5. The van der Waals surface area contributed by atoms with Crippen molar-refractivity contribution in [1.82, 2.24) is 25.0 Å². The number of aromatic nitrogens is 4. The van der Waals surface area contributed by atoms with Gasteiger partial charge in [0.05, 0.1) is 19.5 Å². The Morgan fingerprint density at radius 2 is 2.00 bits per heavy atom. The molecule has 3 N–H and O–H groups in total. The Morgan fingerprint density at radius 1 is 1.19 bits per heavy atom. The van der Waals surface area contributed by atoms with Crippen LogP contribution in [0.25, 0.3) is 22.6 Å². The summed E-state index contributed by atoms with van der Waals surface area (Å²) in [7, 11) is 0. The number of ether oxygens (including phenoxy) is 1. The summed E-state index contributed by atoms with van der Waals surface area (Å²) < 4.78 is 20.9. The maximum Gasteiger partial charge on any atom is 0.243 e. The Balaban J connectivity index is 1.64. The van der Waals surface area contributed by atoms with E-state index < -0.39 is 17.5 Å². The lowest BCUT2D eigenvalue weighted by Crippen LogP contribution is -2.37.